The summed E-state index contributed by atoms with van der Waals surface area (Å²) in [4.78, 5) is 13.4. The molecule has 0 heterocycles. The molecule has 0 amide bonds. The van der Waals surface area contributed by atoms with Crippen LogP contribution in [0.2, 0.25) is 0 Å². The summed E-state index contributed by atoms with van der Waals surface area (Å²) in [7, 11) is 1.72. The third kappa shape index (κ3) is 2.94. The largest absolute Gasteiger partial charge is 0.497 e. The van der Waals surface area contributed by atoms with E-state index in [2.05, 4.69) is 25.1 Å². The zero-order valence-corrected chi connectivity index (χ0v) is 17.1. The molecule has 3 aliphatic carbocycles. The highest BCUT2D eigenvalue weighted by Crippen LogP contribution is 2.60. The van der Waals surface area contributed by atoms with Crippen molar-refractivity contribution in [2.24, 2.45) is 17.3 Å². The van der Waals surface area contributed by atoms with Crippen LogP contribution in [0.1, 0.15) is 55.2 Å². The highest BCUT2D eigenvalue weighted by Gasteiger charge is 2.56. The molecular weight excluding hydrogens is 363 g/mol. The van der Waals surface area contributed by atoms with Gasteiger partial charge in [0.25, 0.3) is 0 Å². The number of ether oxygens (including phenoxy) is 1. The van der Waals surface area contributed by atoms with E-state index in [9.17, 15) is 9.18 Å². The molecule has 3 aliphatic rings. The number of hydrogen-bond acceptors (Lipinski definition) is 2. The van der Waals surface area contributed by atoms with Gasteiger partial charge in [-0.25, -0.2) is 4.39 Å². The van der Waals surface area contributed by atoms with E-state index in [4.69, 9.17) is 4.74 Å². The standard InChI is InChI=1S/C26H27FO2/c1-26-12-11-22-21-10-8-20(29-2)14-17(21)5-9-23(22)24(26)15-18(25(26)28)13-16-3-6-19(27)7-4-16/h3-4,6-8,10,13-14,22-24H,5,9,11-12,15H2,1-2H3/b18-13+/t22-,23+,24+,26+/m1/s1. The number of rotatable bonds is 2. The Balaban J connectivity index is 1.47. The van der Waals surface area contributed by atoms with Crippen LogP contribution in [0, 0.1) is 23.1 Å². The molecule has 2 aromatic rings. The maximum Gasteiger partial charge on any atom is 0.165 e. The zero-order chi connectivity index (χ0) is 20.2. The summed E-state index contributed by atoms with van der Waals surface area (Å²) >= 11 is 0. The normalized spacial score (nSPS) is 31.9. The Hall–Kier alpha value is -2.42. The van der Waals surface area contributed by atoms with Crippen molar-refractivity contribution in [2.75, 3.05) is 7.11 Å². The van der Waals surface area contributed by atoms with E-state index >= 15 is 0 Å². The summed E-state index contributed by atoms with van der Waals surface area (Å²) in [6.07, 6.45) is 7.06. The lowest BCUT2D eigenvalue weighted by molar-refractivity contribution is -0.127. The maximum absolute atomic E-state index is 13.4. The van der Waals surface area contributed by atoms with Gasteiger partial charge in [0, 0.05) is 5.41 Å². The Bertz CT molecular complexity index is 990. The molecule has 2 aromatic carbocycles. The van der Waals surface area contributed by atoms with Crippen LogP contribution in [0.4, 0.5) is 4.39 Å². The number of hydrogen-bond donors (Lipinski definition) is 0. The summed E-state index contributed by atoms with van der Waals surface area (Å²) in [5.41, 5.74) is 4.46. The van der Waals surface area contributed by atoms with Crippen LogP contribution >= 0.6 is 0 Å². The Labute approximate surface area is 171 Å². The van der Waals surface area contributed by atoms with Crippen LogP contribution in [0.3, 0.4) is 0 Å². The minimum atomic E-state index is -0.253. The van der Waals surface area contributed by atoms with Gasteiger partial charge >= 0.3 is 0 Å². The van der Waals surface area contributed by atoms with Crippen LogP contribution in [0.15, 0.2) is 48.0 Å². The van der Waals surface area contributed by atoms with Crippen LogP contribution < -0.4 is 4.74 Å². The smallest absolute Gasteiger partial charge is 0.165 e. The van der Waals surface area contributed by atoms with Crippen molar-refractivity contribution in [1.29, 1.82) is 0 Å². The van der Waals surface area contributed by atoms with E-state index in [0.717, 1.165) is 49.0 Å². The van der Waals surface area contributed by atoms with Crippen LogP contribution in [-0.2, 0) is 11.2 Å². The predicted octanol–water partition coefficient (Wildman–Crippen LogP) is 5.95. The first kappa shape index (κ1) is 18.6. The number of Topliss-reactive ketones (excluding diaryl/α,β-unsaturated/α-hetero) is 1. The predicted molar refractivity (Wildman–Crippen MR) is 112 cm³/mol. The molecule has 0 radical (unpaired) electrons. The van der Waals surface area contributed by atoms with Crippen molar-refractivity contribution in [3.05, 3.63) is 70.5 Å². The Morgan fingerprint density at radius 3 is 2.69 bits per heavy atom. The van der Waals surface area contributed by atoms with Gasteiger partial charge in [-0.05, 0) is 102 Å². The molecule has 5 rings (SSSR count). The fourth-order valence-corrected chi connectivity index (χ4v) is 6.25. The highest BCUT2D eigenvalue weighted by atomic mass is 19.1. The van der Waals surface area contributed by atoms with E-state index in [1.807, 2.05) is 6.08 Å². The second-order valence-corrected chi connectivity index (χ2v) is 9.19. The topological polar surface area (TPSA) is 26.3 Å². The van der Waals surface area contributed by atoms with Crippen LogP contribution in [-0.4, -0.2) is 12.9 Å². The molecule has 2 nitrogen and oxygen atoms in total. The van der Waals surface area contributed by atoms with Crippen LogP contribution in [0.5, 0.6) is 5.75 Å². The number of allylic oxidation sites excluding steroid dienone is 1. The molecule has 4 atom stereocenters. The lowest BCUT2D eigenvalue weighted by Gasteiger charge is -2.48. The summed E-state index contributed by atoms with van der Waals surface area (Å²) in [6.45, 7) is 2.19. The van der Waals surface area contributed by atoms with Crippen molar-refractivity contribution >= 4 is 11.9 Å². The maximum atomic E-state index is 13.4. The molecule has 0 aromatic heterocycles. The molecule has 0 spiro atoms. The van der Waals surface area contributed by atoms with Gasteiger partial charge in [-0.3, -0.25) is 4.79 Å². The molecular formula is C26H27FO2. The lowest BCUT2D eigenvalue weighted by atomic mass is 9.55. The zero-order valence-electron chi connectivity index (χ0n) is 17.1. The minimum Gasteiger partial charge on any atom is -0.497 e. The number of aryl methyl sites for hydroxylation is 1. The molecule has 0 bridgehead atoms. The molecule has 2 fully saturated rings. The van der Waals surface area contributed by atoms with Gasteiger partial charge in [0.05, 0.1) is 7.11 Å². The molecule has 29 heavy (non-hydrogen) atoms. The average molecular weight is 390 g/mol. The number of halogens is 1. The monoisotopic (exact) mass is 390 g/mol. The van der Waals surface area contributed by atoms with Gasteiger partial charge in [-0.15, -0.1) is 0 Å². The van der Waals surface area contributed by atoms with Crippen molar-refractivity contribution < 1.29 is 13.9 Å². The molecule has 150 valence electrons. The van der Waals surface area contributed by atoms with E-state index in [1.54, 1.807) is 19.2 Å². The van der Waals surface area contributed by atoms with E-state index < -0.39 is 0 Å². The second-order valence-electron chi connectivity index (χ2n) is 9.19. The van der Waals surface area contributed by atoms with Crippen molar-refractivity contribution in [3.8, 4) is 5.75 Å². The Kier molecular flexibility index (Phi) is 4.38. The van der Waals surface area contributed by atoms with Gasteiger partial charge in [-0.1, -0.05) is 25.1 Å². The SMILES string of the molecule is COc1ccc2c(c1)CC[C@H]1[C@@H]2CC[C@]2(C)C(=O)/C(=C/c3ccc(F)cc3)C[C@@H]12. The summed E-state index contributed by atoms with van der Waals surface area (Å²) < 4.78 is 18.7. The number of methoxy groups -OCH3 is 1. The quantitative estimate of drug-likeness (QED) is 0.592. The summed E-state index contributed by atoms with van der Waals surface area (Å²) in [5.74, 6) is 2.49. The molecule has 0 saturated heterocycles. The molecule has 0 unspecified atom stereocenters. The van der Waals surface area contributed by atoms with Gasteiger partial charge in [0.2, 0.25) is 0 Å². The third-order valence-electron chi connectivity index (χ3n) is 7.78. The summed E-state index contributed by atoms with van der Waals surface area (Å²) in [6, 6.07) is 13.0. The van der Waals surface area contributed by atoms with Gasteiger partial charge in [-0.2, -0.15) is 0 Å². The fourth-order valence-electron chi connectivity index (χ4n) is 6.25. The number of fused-ring (bicyclic) bond motifs is 5. The van der Waals surface area contributed by atoms with Gasteiger partial charge < -0.3 is 4.74 Å². The number of carbonyl (C=O) groups excluding carboxylic acids is 1. The lowest BCUT2D eigenvalue weighted by Crippen LogP contribution is -2.42. The first-order chi connectivity index (χ1) is 14.0. The minimum absolute atomic E-state index is 0.245. The number of ketones is 1. The average Bonchev–Trinajstić information content (AvgIpc) is 2.99. The number of carbonyl (C=O) groups is 1. The van der Waals surface area contributed by atoms with Crippen molar-refractivity contribution in [2.45, 2.75) is 44.9 Å². The molecule has 0 N–H and O–H groups in total. The van der Waals surface area contributed by atoms with Crippen molar-refractivity contribution in [1.82, 2.24) is 0 Å². The Morgan fingerprint density at radius 2 is 1.93 bits per heavy atom. The first-order valence-corrected chi connectivity index (χ1v) is 10.7. The van der Waals surface area contributed by atoms with E-state index in [0.29, 0.717) is 23.5 Å². The van der Waals surface area contributed by atoms with E-state index in [1.165, 1.54) is 23.3 Å². The molecule has 0 aliphatic heterocycles. The fraction of sp³-hybridized carbons (Fsp3) is 0.423. The van der Waals surface area contributed by atoms with E-state index in [-0.39, 0.29) is 11.2 Å². The van der Waals surface area contributed by atoms with Crippen molar-refractivity contribution in [3.63, 3.8) is 0 Å². The molecule has 2 saturated carbocycles. The van der Waals surface area contributed by atoms with Gasteiger partial charge in [0.15, 0.2) is 5.78 Å². The molecule has 3 heteroatoms. The summed E-state index contributed by atoms with van der Waals surface area (Å²) in [5, 5.41) is 0. The van der Waals surface area contributed by atoms with Gasteiger partial charge in [0.1, 0.15) is 11.6 Å². The highest BCUT2D eigenvalue weighted by molar-refractivity contribution is 6.06. The van der Waals surface area contributed by atoms with Crippen LogP contribution in [0.25, 0.3) is 6.08 Å². The number of benzene rings is 2. The first-order valence-electron chi connectivity index (χ1n) is 10.7. The Morgan fingerprint density at radius 1 is 1.14 bits per heavy atom. The second kappa shape index (κ2) is 6.83. The third-order valence-corrected chi connectivity index (χ3v) is 7.78.